The predicted molar refractivity (Wildman–Crippen MR) is 107 cm³/mol. The lowest BCUT2D eigenvalue weighted by Gasteiger charge is -2.21. The molecule has 6 nitrogen and oxygen atoms in total. The number of carbonyl (C=O) groups excluding carboxylic acids is 1. The Balaban J connectivity index is 1.39. The Kier molecular flexibility index (Phi) is 4.76. The highest BCUT2D eigenvalue weighted by Crippen LogP contribution is 2.48. The Morgan fingerprint density at radius 3 is 2.54 bits per heavy atom. The van der Waals surface area contributed by atoms with Crippen molar-refractivity contribution in [3.63, 3.8) is 0 Å². The third kappa shape index (κ3) is 3.45. The Bertz CT molecular complexity index is 894. The minimum absolute atomic E-state index is 0.109. The maximum absolute atomic E-state index is 13.0. The second kappa shape index (κ2) is 7.23. The zero-order chi connectivity index (χ0) is 19.7. The fourth-order valence-electron chi connectivity index (χ4n) is 3.92. The van der Waals surface area contributed by atoms with Crippen molar-refractivity contribution < 1.29 is 4.79 Å². The van der Waals surface area contributed by atoms with E-state index in [0.717, 1.165) is 37.2 Å². The standard InChI is InChI=1S/C22H25N5O/c1-15(2)16-3-5-17(6-4-16)22(10-11-22)21(28)24-19-9-12-27(14-19)20-8-7-18(13-23)25-26-20/h3-8,15,19H,9-12,14H2,1-2H3,(H,24,28)/t19-/m0/s1. The van der Waals surface area contributed by atoms with Crippen molar-refractivity contribution in [2.24, 2.45) is 0 Å². The molecule has 6 heteroatoms. The van der Waals surface area contributed by atoms with Crippen LogP contribution in [0.4, 0.5) is 5.82 Å². The van der Waals surface area contributed by atoms with Crippen molar-refractivity contribution in [2.45, 2.75) is 50.5 Å². The van der Waals surface area contributed by atoms with Gasteiger partial charge in [-0.05, 0) is 48.4 Å². The number of nitriles is 1. The summed E-state index contributed by atoms with van der Waals surface area (Å²) in [6.45, 7) is 5.90. The molecule has 4 rings (SSSR count). The van der Waals surface area contributed by atoms with Gasteiger partial charge in [0.2, 0.25) is 5.91 Å². The van der Waals surface area contributed by atoms with Crippen LogP contribution in [0.3, 0.4) is 0 Å². The summed E-state index contributed by atoms with van der Waals surface area (Å²) in [5.41, 5.74) is 2.39. The van der Waals surface area contributed by atoms with Crippen LogP contribution < -0.4 is 10.2 Å². The average molecular weight is 375 g/mol. The van der Waals surface area contributed by atoms with Crippen LogP contribution in [0.25, 0.3) is 0 Å². The van der Waals surface area contributed by atoms with E-state index in [1.54, 1.807) is 6.07 Å². The highest BCUT2D eigenvalue weighted by Gasteiger charge is 2.51. The fourth-order valence-corrected chi connectivity index (χ4v) is 3.92. The van der Waals surface area contributed by atoms with Gasteiger partial charge in [-0.1, -0.05) is 38.1 Å². The van der Waals surface area contributed by atoms with Gasteiger partial charge < -0.3 is 10.2 Å². The first-order valence-electron chi connectivity index (χ1n) is 9.92. The minimum Gasteiger partial charge on any atom is -0.353 e. The molecule has 1 saturated heterocycles. The second-order valence-corrected chi connectivity index (χ2v) is 8.15. The molecule has 1 aromatic heterocycles. The van der Waals surface area contributed by atoms with Crippen LogP contribution in [0.15, 0.2) is 36.4 Å². The highest BCUT2D eigenvalue weighted by atomic mass is 16.2. The fraction of sp³-hybridized carbons (Fsp3) is 0.455. The number of nitrogens with one attached hydrogen (secondary N) is 1. The first-order chi connectivity index (χ1) is 13.5. The summed E-state index contributed by atoms with van der Waals surface area (Å²) in [5, 5.41) is 20.1. The third-order valence-corrected chi connectivity index (χ3v) is 5.93. The monoisotopic (exact) mass is 375 g/mol. The third-order valence-electron chi connectivity index (χ3n) is 5.93. The quantitative estimate of drug-likeness (QED) is 0.869. The molecule has 0 bridgehead atoms. The zero-order valence-electron chi connectivity index (χ0n) is 16.4. The van der Waals surface area contributed by atoms with Crippen LogP contribution in [0.1, 0.15) is 55.8 Å². The van der Waals surface area contributed by atoms with E-state index < -0.39 is 0 Å². The Labute approximate surface area is 165 Å². The molecule has 0 radical (unpaired) electrons. The number of hydrogen-bond acceptors (Lipinski definition) is 5. The summed E-state index contributed by atoms with van der Waals surface area (Å²) in [5.74, 6) is 1.39. The number of aromatic nitrogens is 2. The van der Waals surface area contributed by atoms with Crippen LogP contribution >= 0.6 is 0 Å². The summed E-state index contributed by atoms with van der Waals surface area (Å²) in [4.78, 5) is 15.1. The summed E-state index contributed by atoms with van der Waals surface area (Å²) in [6.07, 6.45) is 2.71. The largest absolute Gasteiger partial charge is 0.353 e. The molecule has 1 amide bonds. The number of amides is 1. The van der Waals surface area contributed by atoms with E-state index in [0.29, 0.717) is 18.2 Å². The van der Waals surface area contributed by atoms with E-state index in [1.807, 2.05) is 12.1 Å². The molecule has 1 N–H and O–H groups in total. The smallest absolute Gasteiger partial charge is 0.230 e. The van der Waals surface area contributed by atoms with Gasteiger partial charge in [0.25, 0.3) is 0 Å². The molecule has 28 heavy (non-hydrogen) atoms. The summed E-state index contributed by atoms with van der Waals surface area (Å²) < 4.78 is 0. The lowest BCUT2D eigenvalue weighted by atomic mass is 9.92. The van der Waals surface area contributed by atoms with Gasteiger partial charge in [-0.15, -0.1) is 10.2 Å². The minimum atomic E-state index is -0.350. The molecular weight excluding hydrogens is 350 g/mol. The van der Waals surface area contributed by atoms with Gasteiger partial charge in [0.1, 0.15) is 6.07 Å². The van der Waals surface area contributed by atoms with E-state index in [4.69, 9.17) is 5.26 Å². The molecule has 1 saturated carbocycles. The molecular formula is C22H25N5O. The van der Waals surface area contributed by atoms with Gasteiger partial charge >= 0.3 is 0 Å². The normalized spacial score (nSPS) is 20.1. The van der Waals surface area contributed by atoms with Gasteiger partial charge in [0.15, 0.2) is 11.5 Å². The van der Waals surface area contributed by atoms with E-state index in [1.165, 1.54) is 5.56 Å². The molecule has 0 unspecified atom stereocenters. The number of nitrogens with zero attached hydrogens (tertiary/aromatic N) is 4. The van der Waals surface area contributed by atoms with Crippen LogP contribution in [0.2, 0.25) is 0 Å². The lowest BCUT2D eigenvalue weighted by Crippen LogP contribution is -2.43. The van der Waals surface area contributed by atoms with Gasteiger partial charge in [-0.3, -0.25) is 4.79 Å². The number of rotatable bonds is 5. The van der Waals surface area contributed by atoms with Crippen molar-refractivity contribution in [1.29, 1.82) is 5.26 Å². The molecule has 2 aliphatic rings. The summed E-state index contributed by atoms with van der Waals surface area (Å²) in [7, 11) is 0. The molecule has 2 fully saturated rings. The summed E-state index contributed by atoms with van der Waals surface area (Å²) in [6, 6.07) is 14.1. The highest BCUT2D eigenvalue weighted by molar-refractivity contribution is 5.91. The number of benzene rings is 1. The lowest BCUT2D eigenvalue weighted by molar-refractivity contribution is -0.124. The van der Waals surface area contributed by atoms with Crippen LogP contribution in [-0.2, 0) is 10.2 Å². The maximum Gasteiger partial charge on any atom is 0.230 e. The number of hydrogen-bond donors (Lipinski definition) is 1. The Morgan fingerprint density at radius 1 is 1.21 bits per heavy atom. The molecule has 0 spiro atoms. The van der Waals surface area contributed by atoms with E-state index in [2.05, 4.69) is 58.5 Å². The van der Waals surface area contributed by atoms with Crippen molar-refractivity contribution in [3.8, 4) is 6.07 Å². The molecule has 1 aliphatic heterocycles. The Hall–Kier alpha value is -2.94. The first-order valence-corrected chi connectivity index (χ1v) is 9.92. The molecule has 144 valence electrons. The van der Waals surface area contributed by atoms with Crippen molar-refractivity contribution in [2.75, 3.05) is 18.0 Å². The molecule has 1 atom stereocenters. The molecule has 2 aromatic rings. The molecule has 1 aromatic carbocycles. The van der Waals surface area contributed by atoms with Crippen LogP contribution in [-0.4, -0.2) is 35.2 Å². The summed E-state index contributed by atoms with van der Waals surface area (Å²) >= 11 is 0. The number of anilines is 1. The van der Waals surface area contributed by atoms with E-state index in [-0.39, 0.29) is 17.4 Å². The Morgan fingerprint density at radius 2 is 1.96 bits per heavy atom. The van der Waals surface area contributed by atoms with Crippen LogP contribution in [0.5, 0.6) is 0 Å². The van der Waals surface area contributed by atoms with Gasteiger partial charge in [-0.2, -0.15) is 5.26 Å². The topological polar surface area (TPSA) is 81.9 Å². The van der Waals surface area contributed by atoms with Crippen LogP contribution in [0, 0.1) is 11.3 Å². The first kappa shape index (κ1) is 18.4. The SMILES string of the molecule is CC(C)c1ccc(C2(C(=O)N[C@H]3CCN(c4ccc(C#N)nn4)C3)CC2)cc1. The van der Waals surface area contributed by atoms with Gasteiger partial charge in [0.05, 0.1) is 5.41 Å². The van der Waals surface area contributed by atoms with Crippen molar-refractivity contribution >= 4 is 11.7 Å². The number of carbonyl (C=O) groups is 1. The maximum atomic E-state index is 13.0. The molecule has 2 heterocycles. The predicted octanol–water partition coefficient (Wildman–Crippen LogP) is 2.90. The van der Waals surface area contributed by atoms with E-state index in [9.17, 15) is 4.79 Å². The van der Waals surface area contributed by atoms with Crippen molar-refractivity contribution in [3.05, 3.63) is 53.2 Å². The molecule has 1 aliphatic carbocycles. The van der Waals surface area contributed by atoms with Crippen molar-refractivity contribution in [1.82, 2.24) is 15.5 Å². The van der Waals surface area contributed by atoms with Gasteiger partial charge in [0, 0.05) is 19.1 Å². The second-order valence-electron chi connectivity index (χ2n) is 8.15. The average Bonchev–Trinajstić information content (AvgIpc) is 3.41. The van der Waals surface area contributed by atoms with Gasteiger partial charge in [-0.25, -0.2) is 0 Å². The zero-order valence-corrected chi connectivity index (χ0v) is 16.4. The van der Waals surface area contributed by atoms with E-state index >= 15 is 0 Å².